The molecule has 0 atom stereocenters. The Hall–Kier alpha value is -1.14. The van der Waals surface area contributed by atoms with E-state index in [4.69, 9.17) is 3.57 Å². The van der Waals surface area contributed by atoms with Gasteiger partial charge in [0.05, 0.1) is 0 Å². The molecule has 2 aromatic rings. The second-order valence-electron chi connectivity index (χ2n) is 2.73. The summed E-state index contributed by atoms with van der Waals surface area (Å²) in [7, 11) is 0. The number of hydrogen-bond acceptors (Lipinski definition) is 1. The first-order valence-corrected chi connectivity index (χ1v) is 5.57. The van der Waals surface area contributed by atoms with Crippen molar-refractivity contribution < 1.29 is 21.8 Å². The van der Waals surface area contributed by atoms with E-state index in [0.717, 1.165) is 0 Å². The summed E-state index contributed by atoms with van der Waals surface area (Å²) >= 11 is 0.125. The largest absolute Gasteiger partial charge is 0.0622 e. The molecule has 0 aliphatic rings. The number of rotatable bonds is 1. The quantitative estimate of drug-likeness (QED) is 0.694. The average Bonchev–Trinajstić information content (AvgIpc) is 2.34. The molecule has 0 aliphatic heterocycles. The Balaban J connectivity index is 0.000000461. The van der Waals surface area contributed by atoms with Gasteiger partial charge in [-0.25, -0.2) is 0 Å². The summed E-state index contributed by atoms with van der Waals surface area (Å²) < 4.78 is 8.38. The predicted molar refractivity (Wildman–Crippen MR) is 52.6 cm³/mol. The van der Waals surface area contributed by atoms with Gasteiger partial charge in [-0.2, -0.15) is 0 Å². The molecule has 2 aromatic carbocycles. The fourth-order valence-corrected chi connectivity index (χ4v) is 1.26. The van der Waals surface area contributed by atoms with Crippen LogP contribution in [0.2, 0.25) is 0 Å². The van der Waals surface area contributed by atoms with E-state index in [1.807, 2.05) is 12.1 Å². The molecule has 0 saturated carbocycles. The fraction of sp³-hybridized carbons (Fsp3) is 0. The Bertz CT molecular complexity index is 321. The molecule has 0 bridgehead atoms. The fourth-order valence-electron chi connectivity index (χ4n) is 1.26. The predicted octanol–water partition coefficient (Wildman–Crippen LogP) is 3.23. The molecule has 0 saturated heterocycles. The maximum Gasteiger partial charge on any atom is -0.0184 e. The van der Waals surface area contributed by atoms with E-state index >= 15 is 0 Å². The van der Waals surface area contributed by atoms with Crippen LogP contribution in [0.3, 0.4) is 0 Å². The van der Waals surface area contributed by atoms with Crippen molar-refractivity contribution in [1.29, 1.82) is 0 Å². The van der Waals surface area contributed by atoms with E-state index < -0.39 is 0 Å². The van der Waals surface area contributed by atoms with E-state index in [2.05, 4.69) is 48.5 Å². The van der Waals surface area contributed by atoms with Crippen LogP contribution in [0.25, 0.3) is 11.1 Å². The Morgan fingerprint density at radius 1 is 0.571 bits per heavy atom. The van der Waals surface area contributed by atoms with Crippen LogP contribution in [0.1, 0.15) is 0 Å². The summed E-state index contributed by atoms with van der Waals surface area (Å²) in [5, 5.41) is 0. The molecule has 2 rings (SSSR count). The van der Waals surface area contributed by atoms with E-state index in [1.54, 1.807) is 0 Å². The first-order valence-electron chi connectivity index (χ1n) is 4.36. The summed E-state index contributed by atoms with van der Waals surface area (Å²) in [6.07, 6.45) is 0. The first kappa shape index (κ1) is 10.9. The second kappa shape index (κ2) is 6.34. The van der Waals surface area contributed by atoms with Gasteiger partial charge >= 0.3 is 21.8 Å². The molecule has 0 unspecified atom stereocenters. The summed E-state index contributed by atoms with van der Waals surface area (Å²) in [4.78, 5) is 0. The minimum absolute atomic E-state index is 0.125. The van der Waals surface area contributed by atoms with Crippen LogP contribution in [0.4, 0.5) is 0 Å². The maximum atomic E-state index is 8.38. The molecule has 0 spiro atoms. The smallest absolute Gasteiger partial charge is 0.0184 e. The SMILES string of the molecule is [O]=[Zn].c1ccc(-c2ccccc2)cc1. The van der Waals surface area contributed by atoms with Gasteiger partial charge in [-0.05, 0) is 11.1 Å². The summed E-state index contributed by atoms with van der Waals surface area (Å²) in [6.45, 7) is 0. The Morgan fingerprint density at radius 3 is 1.14 bits per heavy atom. The molecule has 0 amide bonds. The normalized spacial score (nSPS) is 8.71. The third kappa shape index (κ3) is 2.97. The van der Waals surface area contributed by atoms with E-state index in [1.165, 1.54) is 11.1 Å². The Morgan fingerprint density at radius 2 is 0.857 bits per heavy atom. The molecule has 0 heterocycles. The van der Waals surface area contributed by atoms with Gasteiger partial charge in [0.2, 0.25) is 0 Å². The van der Waals surface area contributed by atoms with Gasteiger partial charge in [0.1, 0.15) is 0 Å². The maximum absolute atomic E-state index is 8.38. The molecule has 0 aliphatic carbocycles. The average molecular weight is 236 g/mol. The van der Waals surface area contributed by atoms with Gasteiger partial charge < -0.3 is 0 Å². The molecule has 0 aromatic heterocycles. The van der Waals surface area contributed by atoms with E-state index in [9.17, 15) is 0 Å². The van der Waals surface area contributed by atoms with Gasteiger partial charge in [0.15, 0.2) is 0 Å². The minimum Gasteiger partial charge on any atom is -0.0622 e. The van der Waals surface area contributed by atoms with Crippen LogP contribution < -0.4 is 0 Å². The van der Waals surface area contributed by atoms with Gasteiger partial charge in [0.25, 0.3) is 0 Å². The molecule has 2 heteroatoms. The van der Waals surface area contributed by atoms with Crippen molar-refractivity contribution in [2.75, 3.05) is 0 Å². The molecule has 0 fully saturated rings. The van der Waals surface area contributed by atoms with Crippen molar-refractivity contribution >= 4 is 0 Å². The zero-order valence-electron chi connectivity index (χ0n) is 7.89. The van der Waals surface area contributed by atoms with Crippen LogP contribution in [0.15, 0.2) is 60.7 Å². The molecular formula is C12H10OZn. The Kier molecular flexibility index (Phi) is 4.95. The van der Waals surface area contributed by atoms with E-state index in [-0.39, 0.29) is 18.3 Å². The minimum atomic E-state index is 0.125. The monoisotopic (exact) mass is 234 g/mol. The molecule has 66 valence electrons. The number of hydrogen-bond donors (Lipinski definition) is 0. The van der Waals surface area contributed by atoms with Crippen LogP contribution in [0.5, 0.6) is 0 Å². The molecular weight excluding hydrogens is 226 g/mol. The third-order valence-corrected chi connectivity index (χ3v) is 1.88. The van der Waals surface area contributed by atoms with E-state index in [0.29, 0.717) is 0 Å². The van der Waals surface area contributed by atoms with Crippen molar-refractivity contribution in [2.45, 2.75) is 0 Å². The van der Waals surface area contributed by atoms with Crippen LogP contribution in [-0.4, -0.2) is 0 Å². The van der Waals surface area contributed by atoms with Crippen molar-refractivity contribution in [1.82, 2.24) is 0 Å². The van der Waals surface area contributed by atoms with Crippen molar-refractivity contribution in [3.8, 4) is 11.1 Å². The summed E-state index contributed by atoms with van der Waals surface area (Å²) in [5.41, 5.74) is 2.55. The van der Waals surface area contributed by atoms with Gasteiger partial charge in [0, 0.05) is 0 Å². The second-order valence-corrected chi connectivity index (χ2v) is 2.73. The van der Waals surface area contributed by atoms with Crippen molar-refractivity contribution in [3.05, 3.63) is 60.7 Å². The molecule has 1 nitrogen and oxygen atoms in total. The molecule has 0 N–H and O–H groups in total. The zero-order chi connectivity index (χ0) is 10.2. The topological polar surface area (TPSA) is 17.1 Å². The van der Waals surface area contributed by atoms with Gasteiger partial charge in [-0.3, -0.25) is 0 Å². The van der Waals surface area contributed by atoms with Crippen LogP contribution >= 0.6 is 0 Å². The Labute approximate surface area is 93.7 Å². The van der Waals surface area contributed by atoms with Crippen molar-refractivity contribution in [2.24, 2.45) is 0 Å². The zero-order valence-corrected chi connectivity index (χ0v) is 10.9. The van der Waals surface area contributed by atoms with Gasteiger partial charge in [-0.15, -0.1) is 0 Å². The molecule has 0 radical (unpaired) electrons. The molecule has 14 heavy (non-hydrogen) atoms. The first-order chi connectivity index (χ1) is 6.97. The third-order valence-electron chi connectivity index (χ3n) is 1.88. The van der Waals surface area contributed by atoms with Crippen LogP contribution in [-0.2, 0) is 21.8 Å². The number of benzene rings is 2. The summed E-state index contributed by atoms with van der Waals surface area (Å²) in [5.74, 6) is 0. The van der Waals surface area contributed by atoms with Gasteiger partial charge in [-0.1, -0.05) is 60.7 Å². The van der Waals surface area contributed by atoms with Crippen molar-refractivity contribution in [3.63, 3.8) is 0 Å². The van der Waals surface area contributed by atoms with Crippen LogP contribution in [0, 0.1) is 0 Å². The standard InChI is InChI=1S/C12H10.O.Zn/c1-3-7-11(8-4-1)12-9-5-2-6-10-12;;/h1-10H;;. The summed E-state index contributed by atoms with van der Waals surface area (Å²) in [6, 6.07) is 20.8.